The second-order valence-electron chi connectivity index (χ2n) is 4.56. The molecule has 1 rings (SSSR count). The molecule has 1 aliphatic rings. The van der Waals surface area contributed by atoms with Crippen LogP contribution in [0, 0.1) is 0 Å². The van der Waals surface area contributed by atoms with Crippen LogP contribution in [0.1, 0.15) is 0 Å². The highest BCUT2D eigenvalue weighted by Crippen LogP contribution is 1.93. The number of amides is 2. The van der Waals surface area contributed by atoms with Crippen molar-refractivity contribution in [1.29, 1.82) is 0 Å². The summed E-state index contributed by atoms with van der Waals surface area (Å²) in [5.41, 5.74) is 0. The van der Waals surface area contributed by atoms with Gasteiger partial charge in [-0.15, -0.1) is 0 Å². The Kier molecular flexibility index (Phi) is 10.5. The number of carbonyl (C=O) groups excluding carboxylic acids is 2. The minimum Gasteiger partial charge on any atom is -0.394 e. The van der Waals surface area contributed by atoms with Crippen LogP contribution in [0.3, 0.4) is 0 Å². The van der Waals surface area contributed by atoms with Gasteiger partial charge < -0.3 is 34.7 Å². The first kappa shape index (κ1) is 18.8. The molecular formula is C13H24N2O7. The molecule has 0 spiro atoms. The summed E-state index contributed by atoms with van der Waals surface area (Å²) >= 11 is 0. The molecule has 1 atom stereocenters. The van der Waals surface area contributed by atoms with Gasteiger partial charge in [-0.25, -0.2) is 0 Å². The molecule has 0 radical (unpaired) electrons. The van der Waals surface area contributed by atoms with Gasteiger partial charge in [-0.05, 0) is 0 Å². The van der Waals surface area contributed by atoms with E-state index in [0.717, 1.165) is 0 Å². The monoisotopic (exact) mass is 320 g/mol. The van der Waals surface area contributed by atoms with Gasteiger partial charge in [-0.2, -0.15) is 0 Å². The summed E-state index contributed by atoms with van der Waals surface area (Å²) in [6.45, 7) is 1.74. The number of aliphatic hydroxyl groups is 1. The average molecular weight is 320 g/mol. The molecule has 0 aromatic rings. The first-order valence-corrected chi connectivity index (χ1v) is 7.21. The predicted molar refractivity (Wildman–Crippen MR) is 75.3 cm³/mol. The molecule has 2 amide bonds. The Morgan fingerprint density at radius 2 is 1.50 bits per heavy atom. The van der Waals surface area contributed by atoms with Gasteiger partial charge in [0.2, 0.25) is 11.8 Å². The highest BCUT2D eigenvalue weighted by molar-refractivity contribution is 5.77. The van der Waals surface area contributed by atoms with Gasteiger partial charge in [0.05, 0.1) is 39.6 Å². The van der Waals surface area contributed by atoms with Crippen molar-refractivity contribution in [2.45, 2.75) is 6.10 Å². The van der Waals surface area contributed by atoms with E-state index in [0.29, 0.717) is 39.5 Å². The maximum Gasteiger partial charge on any atom is 0.246 e. The molecule has 1 fully saturated rings. The molecule has 0 saturated carbocycles. The zero-order valence-corrected chi connectivity index (χ0v) is 12.5. The largest absolute Gasteiger partial charge is 0.394 e. The molecule has 0 aromatic heterocycles. The Hall–Kier alpha value is -1.26. The molecule has 128 valence electrons. The van der Waals surface area contributed by atoms with E-state index in [1.807, 2.05) is 0 Å². The van der Waals surface area contributed by atoms with Crippen molar-refractivity contribution in [3.8, 4) is 0 Å². The van der Waals surface area contributed by atoms with Gasteiger partial charge in [0.15, 0.2) is 0 Å². The fourth-order valence-corrected chi connectivity index (χ4v) is 1.58. The van der Waals surface area contributed by atoms with Crippen LogP contribution in [-0.2, 0) is 28.5 Å². The third kappa shape index (κ3) is 9.64. The Morgan fingerprint density at radius 1 is 0.909 bits per heavy atom. The van der Waals surface area contributed by atoms with Crippen LogP contribution in [-0.4, -0.2) is 89.0 Å². The summed E-state index contributed by atoms with van der Waals surface area (Å²) in [6, 6.07) is 0. The highest BCUT2D eigenvalue weighted by Gasteiger charge is 2.12. The normalized spacial score (nSPS) is 24.7. The van der Waals surface area contributed by atoms with Crippen LogP contribution >= 0.6 is 0 Å². The molecule has 9 nitrogen and oxygen atoms in total. The number of hydrogen-bond acceptors (Lipinski definition) is 7. The molecule has 1 saturated heterocycles. The lowest BCUT2D eigenvalue weighted by Crippen LogP contribution is -2.36. The number of rotatable bonds is 1. The molecule has 1 aliphatic heterocycles. The predicted octanol–water partition coefficient (Wildman–Crippen LogP) is -2.34. The van der Waals surface area contributed by atoms with Crippen molar-refractivity contribution >= 4 is 11.8 Å². The maximum atomic E-state index is 11.5. The maximum absolute atomic E-state index is 11.5. The fraction of sp³-hybridized carbons (Fsp3) is 0.846. The van der Waals surface area contributed by atoms with Crippen LogP contribution in [0.5, 0.6) is 0 Å². The molecule has 1 heterocycles. The van der Waals surface area contributed by atoms with E-state index < -0.39 is 6.10 Å². The second-order valence-corrected chi connectivity index (χ2v) is 4.56. The first-order valence-electron chi connectivity index (χ1n) is 7.21. The molecular weight excluding hydrogens is 296 g/mol. The van der Waals surface area contributed by atoms with Gasteiger partial charge in [-0.3, -0.25) is 9.59 Å². The Bertz CT molecular complexity index is 328. The van der Waals surface area contributed by atoms with Crippen molar-refractivity contribution in [3.63, 3.8) is 0 Å². The first-order chi connectivity index (χ1) is 10.7. The van der Waals surface area contributed by atoms with Crippen molar-refractivity contribution in [2.75, 3.05) is 65.9 Å². The van der Waals surface area contributed by atoms with E-state index in [2.05, 4.69) is 10.6 Å². The molecule has 0 aliphatic carbocycles. The molecule has 9 heteroatoms. The van der Waals surface area contributed by atoms with Crippen LogP contribution < -0.4 is 10.6 Å². The average Bonchev–Trinajstić information content (AvgIpc) is 2.51. The van der Waals surface area contributed by atoms with E-state index in [1.54, 1.807) is 0 Å². The molecule has 1 unspecified atom stereocenters. The number of hydrogen-bond donors (Lipinski definition) is 3. The topological polar surface area (TPSA) is 115 Å². The summed E-state index contributed by atoms with van der Waals surface area (Å²) in [5.74, 6) is -0.590. The summed E-state index contributed by atoms with van der Waals surface area (Å²) in [7, 11) is 0. The van der Waals surface area contributed by atoms with E-state index in [1.165, 1.54) is 0 Å². The van der Waals surface area contributed by atoms with Crippen LogP contribution in [0.15, 0.2) is 0 Å². The molecule has 0 aromatic carbocycles. The van der Waals surface area contributed by atoms with E-state index >= 15 is 0 Å². The molecule has 3 N–H and O–H groups in total. The third-order valence-corrected chi connectivity index (χ3v) is 2.70. The summed E-state index contributed by atoms with van der Waals surface area (Å²) in [4.78, 5) is 22.9. The number of aliphatic hydroxyl groups excluding tert-OH is 1. The Labute approximate surface area is 129 Å². The van der Waals surface area contributed by atoms with Crippen LogP contribution in [0.25, 0.3) is 0 Å². The van der Waals surface area contributed by atoms with Gasteiger partial charge in [0.1, 0.15) is 19.3 Å². The van der Waals surface area contributed by atoms with Gasteiger partial charge in [-0.1, -0.05) is 0 Å². The lowest BCUT2D eigenvalue weighted by Gasteiger charge is -2.16. The van der Waals surface area contributed by atoms with Gasteiger partial charge >= 0.3 is 0 Å². The quantitative estimate of drug-likeness (QED) is 0.496. The lowest BCUT2D eigenvalue weighted by molar-refractivity contribution is -0.134. The minimum atomic E-state index is -0.656. The summed E-state index contributed by atoms with van der Waals surface area (Å²) in [6.07, 6.45) is -0.656. The second kappa shape index (κ2) is 12.3. The smallest absolute Gasteiger partial charge is 0.246 e. The zero-order chi connectivity index (χ0) is 16.0. The van der Waals surface area contributed by atoms with Crippen LogP contribution in [0.2, 0.25) is 0 Å². The van der Waals surface area contributed by atoms with Crippen molar-refractivity contribution in [2.24, 2.45) is 0 Å². The number of carbonyl (C=O) groups is 2. The van der Waals surface area contributed by atoms with Crippen molar-refractivity contribution in [1.82, 2.24) is 10.6 Å². The zero-order valence-electron chi connectivity index (χ0n) is 12.5. The van der Waals surface area contributed by atoms with Crippen molar-refractivity contribution < 1.29 is 33.6 Å². The molecule has 0 bridgehead atoms. The van der Waals surface area contributed by atoms with Crippen LogP contribution in [0.4, 0.5) is 0 Å². The number of ether oxygens (including phenoxy) is 4. The summed E-state index contributed by atoms with van der Waals surface area (Å²) < 4.78 is 20.9. The SMILES string of the molecule is O=C1COCC(CO)OCC(=O)NCCOCCOCCN1. The highest BCUT2D eigenvalue weighted by atomic mass is 16.5. The van der Waals surface area contributed by atoms with Gasteiger partial charge in [0, 0.05) is 13.1 Å². The van der Waals surface area contributed by atoms with E-state index in [9.17, 15) is 9.59 Å². The Morgan fingerprint density at radius 3 is 2.09 bits per heavy atom. The van der Waals surface area contributed by atoms with Crippen molar-refractivity contribution in [3.05, 3.63) is 0 Å². The van der Waals surface area contributed by atoms with Gasteiger partial charge in [0.25, 0.3) is 0 Å². The standard InChI is InChI=1S/C13H24N2O7/c16-7-11-8-21-9-12(17)14-1-3-19-5-6-20-4-2-15-13(18)10-22-11/h11,16H,1-10H2,(H,14,17)(H,15,18). The number of nitrogens with one attached hydrogen (secondary N) is 2. The van der Waals surface area contributed by atoms with E-state index in [4.69, 9.17) is 24.1 Å². The molecule has 22 heavy (non-hydrogen) atoms. The Balaban J connectivity index is 2.34. The summed E-state index contributed by atoms with van der Waals surface area (Å²) in [5, 5.41) is 14.4. The third-order valence-electron chi connectivity index (χ3n) is 2.70. The van der Waals surface area contributed by atoms with E-state index in [-0.39, 0.29) is 38.2 Å². The fourth-order valence-electron chi connectivity index (χ4n) is 1.58. The minimum absolute atomic E-state index is 0.0246. The lowest BCUT2D eigenvalue weighted by atomic mass is 10.4.